The molecule has 0 saturated heterocycles. The van der Waals surface area contributed by atoms with Gasteiger partial charge in [0.05, 0.1) is 29.2 Å². The molecule has 0 bridgehead atoms. The Balaban J connectivity index is 0.00000355. The predicted molar refractivity (Wildman–Crippen MR) is 216 cm³/mol. The molecule has 0 spiro atoms. The van der Waals surface area contributed by atoms with Gasteiger partial charge in [0.15, 0.2) is 11.7 Å². The topological polar surface area (TPSA) is 125 Å². The number of alkyl halides is 2. The van der Waals surface area contributed by atoms with E-state index < -0.39 is 18.8 Å². The monoisotopic (exact) mass is 1220 g/mol. The number of carbonyl (C=O) groups is 2. The first kappa shape index (κ1) is 53.1. The normalized spacial score (nSPS) is 11.6. The number of nitrogens with zero attached hydrogens (tertiary/aromatic N) is 4. The van der Waals surface area contributed by atoms with Gasteiger partial charge in [-0.15, -0.1) is 12.8 Å². The van der Waals surface area contributed by atoms with Gasteiger partial charge in [0.1, 0.15) is 5.82 Å². The summed E-state index contributed by atoms with van der Waals surface area (Å²) >= 11 is 0. The summed E-state index contributed by atoms with van der Waals surface area (Å²) in [5, 5.41) is 12.2. The Morgan fingerprint density at radius 1 is 0.964 bits per heavy atom. The van der Waals surface area contributed by atoms with Crippen LogP contribution in [-0.4, -0.2) is 68.7 Å². The van der Waals surface area contributed by atoms with E-state index in [2.05, 4.69) is 110 Å². The molecule has 0 saturated carbocycles. The molecule has 3 N–H and O–H groups in total. The smallest absolute Gasteiger partial charge is 0.425 e. The Kier molecular flexibility index (Phi) is 23.5. The number of nitrogens with one attached hydrogen (secondary N) is 2. The van der Waals surface area contributed by atoms with Gasteiger partial charge in [-0.3, -0.25) is 19.5 Å². The summed E-state index contributed by atoms with van der Waals surface area (Å²) in [5.41, 5.74) is 5.88. The molecule has 2 heterocycles. The molecule has 0 unspecified atom stereocenters. The minimum absolute atomic E-state index is 0. The first-order valence-corrected chi connectivity index (χ1v) is 17.7. The fraction of sp³-hybridized carbons (Fsp3) is 0.372. The average molecular weight is 1220 g/mol. The largest absolute Gasteiger partial charge is 2.00 e. The van der Waals surface area contributed by atoms with Crippen LogP contribution in [0.5, 0.6) is 0 Å². The van der Waals surface area contributed by atoms with Crippen LogP contribution in [0.2, 0.25) is 0 Å². The zero-order valence-corrected chi connectivity index (χ0v) is 42.5. The van der Waals surface area contributed by atoms with Crippen molar-refractivity contribution in [1.29, 1.82) is 0 Å². The SMILES string of the molecule is C=C[C-](C)C(=O)N=C(c1nc(-c2ccc(-c3ccc(-c4cnc([C@@H](CNC(=O)[C-](C)CO)C(C)(C)C)[nH]4)cc3)cc2)cn1C)C(C)(C)C.[CH2-]CF.[CH2-]CF.[U+2].[U+2]. The molecule has 0 radical (unpaired) electrons. The second-order valence-electron chi connectivity index (χ2n) is 14.7. The van der Waals surface area contributed by atoms with Crippen LogP contribution in [0.3, 0.4) is 0 Å². The summed E-state index contributed by atoms with van der Waals surface area (Å²) in [4.78, 5) is 42.4. The number of rotatable bonds is 11. The number of aliphatic hydroxyl groups excluding tert-OH is 1. The van der Waals surface area contributed by atoms with Crippen molar-refractivity contribution in [3.05, 3.63) is 111 Å². The summed E-state index contributed by atoms with van der Waals surface area (Å²) in [6.07, 6.45) is 5.31. The molecule has 4 aromatic rings. The van der Waals surface area contributed by atoms with Gasteiger partial charge in [0.25, 0.3) is 0 Å². The summed E-state index contributed by atoms with van der Waals surface area (Å²) in [6, 6.07) is 16.6. The number of aromatic amines is 1. The quantitative estimate of drug-likeness (QED) is 0.103. The van der Waals surface area contributed by atoms with Crippen LogP contribution in [0.4, 0.5) is 8.78 Å². The van der Waals surface area contributed by atoms with Crippen LogP contribution in [0.25, 0.3) is 33.6 Å². The molecule has 298 valence electrons. The van der Waals surface area contributed by atoms with E-state index in [0.717, 1.165) is 39.5 Å². The van der Waals surface area contributed by atoms with E-state index >= 15 is 0 Å². The number of benzene rings is 2. The number of amides is 2. The zero-order chi connectivity index (χ0) is 40.8. The number of hydrogen-bond donors (Lipinski definition) is 3. The van der Waals surface area contributed by atoms with Gasteiger partial charge in [0, 0.05) is 36.7 Å². The van der Waals surface area contributed by atoms with Gasteiger partial charge in [-0.2, -0.15) is 6.92 Å². The molecule has 56 heavy (non-hydrogen) atoms. The molecular weight excluding hydrogens is 1160 g/mol. The van der Waals surface area contributed by atoms with Crippen molar-refractivity contribution in [3.8, 4) is 33.6 Å². The number of carbonyl (C=O) groups excluding carboxylic acids is 2. The Morgan fingerprint density at radius 2 is 1.45 bits per heavy atom. The van der Waals surface area contributed by atoms with Crippen LogP contribution in [0, 0.1) is 98.7 Å². The standard InChI is InChI=1S/C39H48N6O3.2C2H4F.2U/c1-11-24(2)37(48)44-33(39(7,8)9)35-43-32(22-45(35)10)29-18-14-27(15-19-29)26-12-16-28(17-13-26)31-21-40-34(42-31)30(38(4,5)6)20-41-36(47)25(3)23-46;2*1-2-3;;/h11-19,21-22,30,46H,1,20,23H2,2-10H3,(H,40,42)(H,41,47);2*1-2H2;;/q-2;2*-1;2*+2/t30-;;;;/m1..../s1. The van der Waals surface area contributed by atoms with Crippen LogP contribution in [0.15, 0.2) is 78.6 Å². The molecule has 2 aromatic heterocycles. The second kappa shape index (κ2) is 24.8. The second-order valence-corrected chi connectivity index (χ2v) is 14.7. The van der Waals surface area contributed by atoms with Crippen molar-refractivity contribution in [3.63, 3.8) is 0 Å². The van der Waals surface area contributed by atoms with Crippen molar-refractivity contribution in [2.75, 3.05) is 26.5 Å². The number of H-pyrrole nitrogens is 1. The van der Waals surface area contributed by atoms with E-state index in [0.29, 0.717) is 29.9 Å². The minimum atomic E-state index is -0.500. The van der Waals surface area contributed by atoms with Gasteiger partial charge < -0.3 is 38.6 Å². The molecule has 0 aliphatic carbocycles. The molecule has 4 rings (SSSR count). The van der Waals surface area contributed by atoms with Crippen molar-refractivity contribution in [2.24, 2.45) is 22.9 Å². The number of aliphatic imine (C=N–C) groups is 1. The molecule has 0 fully saturated rings. The first-order chi connectivity index (χ1) is 25.4. The van der Waals surface area contributed by atoms with E-state index in [1.54, 1.807) is 13.8 Å². The first-order valence-electron chi connectivity index (χ1n) is 17.7. The Bertz CT molecular complexity index is 1820. The molecule has 2 aromatic carbocycles. The maximum atomic E-state index is 12.6. The average Bonchev–Trinajstić information content (AvgIpc) is 3.76. The van der Waals surface area contributed by atoms with Crippen LogP contribution >= 0.6 is 0 Å². The van der Waals surface area contributed by atoms with E-state index in [9.17, 15) is 23.5 Å². The fourth-order valence-corrected chi connectivity index (χ4v) is 5.22. The third-order valence-electron chi connectivity index (χ3n) is 8.43. The van der Waals surface area contributed by atoms with Crippen molar-refractivity contribution in [2.45, 2.75) is 61.3 Å². The van der Waals surface area contributed by atoms with Gasteiger partial charge in [-0.25, -0.2) is 27.6 Å². The van der Waals surface area contributed by atoms with Crippen LogP contribution in [-0.2, 0) is 16.6 Å². The summed E-state index contributed by atoms with van der Waals surface area (Å²) in [6.45, 7) is 24.2. The maximum absolute atomic E-state index is 12.6. The zero-order valence-electron chi connectivity index (χ0n) is 34.2. The Hall–Kier alpha value is -2.93. The molecule has 2 amide bonds. The number of hydrogen-bond acceptors (Lipinski definition) is 5. The number of aliphatic hydroxyl groups is 1. The van der Waals surface area contributed by atoms with Gasteiger partial charge in [-0.1, -0.05) is 96.7 Å². The number of aromatic nitrogens is 4. The summed E-state index contributed by atoms with van der Waals surface area (Å²) in [7, 11) is 1.92. The molecule has 0 aliphatic rings. The van der Waals surface area contributed by atoms with Crippen molar-refractivity contribution >= 4 is 17.5 Å². The third-order valence-corrected chi connectivity index (χ3v) is 8.43. The summed E-state index contributed by atoms with van der Waals surface area (Å²) < 4.78 is 22.3. The molecule has 0 aliphatic heterocycles. The third kappa shape index (κ3) is 15.4. The maximum Gasteiger partial charge on any atom is 2.00 e. The molecule has 13 heteroatoms. The summed E-state index contributed by atoms with van der Waals surface area (Å²) in [5.74, 6) is 1.71. The van der Waals surface area contributed by atoms with E-state index in [4.69, 9.17) is 4.98 Å². The number of aryl methyl sites for hydroxylation is 1. The van der Waals surface area contributed by atoms with Crippen molar-refractivity contribution in [1.82, 2.24) is 24.8 Å². The molecule has 9 nitrogen and oxygen atoms in total. The van der Waals surface area contributed by atoms with Crippen LogP contribution in [0.1, 0.15) is 73.0 Å². The fourth-order valence-electron chi connectivity index (χ4n) is 5.22. The minimum Gasteiger partial charge on any atom is -0.425 e. The predicted octanol–water partition coefficient (Wildman–Crippen LogP) is 8.70. The van der Waals surface area contributed by atoms with E-state index in [-0.39, 0.29) is 92.0 Å². The molecule has 1 atom stereocenters. The van der Waals surface area contributed by atoms with Crippen LogP contribution < -0.4 is 5.32 Å². The molecular formula is C43H56F2N6O3U2. The Labute approximate surface area is 380 Å². The van der Waals surface area contributed by atoms with Crippen molar-refractivity contribution < 1.29 is 85.7 Å². The number of imidazole rings is 2. The van der Waals surface area contributed by atoms with Gasteiger partial charge >= 0.3 is 62.2 Å². The number of halogens is 2. The van der Waals surface area contributed by atoms with Gasteiger partial charge in [-0.05, 0) is 35.5 Å². The van der Waals surface area contributed by atoms with Gasteiger partial charge in [0.2, 0.25) is 0 Å². The van der Waals surface area contributed by atoms with E-state index in [1.165, 1.54) is 6.08 Å². The van der Waals surface area contributed by atoms with E-state index in [1.807, 2.05) is 44.8 Å². The Morgan fingerprint density at radius 3 is 1.89 bits per heavy atom.